The summed E-state index contributed by atoms with van der Waals surface area (Å²) < 4.78 is 50.8. The quantitative estimate of drug-likeness (QED) is 0.647. The second-order valence-electron chi connectivity index (χ2n) is 4.16. The molecule has 110 valence electrons. The van der Waals surface area contributed by atoms with Crippen LogP contribution in [0.1, 0.15) is 11.1 Å². The molecule has 1 rings (SSSR count). The summed E-state index contributed by atoms with van der Waals surface area (Å²) in [6.07, 6.45) is -3.34. The summed E-state index contributed by atoms with van der Waals surface area (Å²) in [5, 5.41) is 8.70. The van der Waals surface area contributed by atoms with Crippen LogP contribution >= 0.6 is 0 Å². The molecule has 0 heterocycles. The van der Waals surface area contributed by atoms with E-state index in [-0.39, 0.29) is 25.2 Å². The van der Waals surface area contributed by atoms with E-state index in [1.807, 2.05) is 0 Å². The number of halogens is 4. The number of nitrogens with zero attached hydrogens (tertiary/aromatic N) is 1. The number of alkyl halides is 3. The molecule has 1 aromatic carbocycles. The van der Waals surface area contributed by atoms with E-state index in [0.29, 0.717) is 6.07 Å². The number of hydrogen-bond acceptors (Lipinski definition) is 2. The minimum Gasteiger partial charge on any atom is -0.480 e. The van der Waals surface area contributed by atoms with E-state index in [2.05, 4.69) is 6.58 Å². The minimum atomic E-state index is -4.78. The zero-order chi connectivity index (χ0) is 15.3. The predicted octanol–water partition coefficient (Wildman–Crippen LogP) is 2.92. The summed E-state index contributed by atoms with van der Waals surface area (Å²) in [6.45, 7) is 3.26. The van der Waals surface area contributed by atoms with Crippen LogP contribution < -0.4 is 0 Å². The van der Waals surface area contributed by atoms with E-state index in [4.69, 9.17) is 5.11 Å². The molecule has 0 unspecified atom stereocenters. The Morgan fingerprint density at radius 3 is 2.55 bits per heavy atom. The standard InChI is InChI=1S/C13H13F4NO2/c1-2-5-18(8-12(19)20)7-9-3-4-11(14)10(6-9)13(15,16)17/h2-4,6H,1,5,7-8H2,(H,19,20). The number of hydrogen-bond donors (Lipinski definition) is 1. The van der Waals surface area contributed by atoms with E-state index < -0.39 is 23.5 Å². The third-order valence-electron chi connectivity index (χ3n) is 2.49. The van der Waals surface area contributed by atoms with Crippen molar-refractivity contribution in [1.82, 2.24) is 4.90 Å². The fourth-order valence-corrected chi connectivity index (χ4v) is 1.71. The van der Waals surface area contributed by atoms with E-state index in [1.54, 1.807) is 0 Å². The summed E-state index contributed by atoms with van der Waals surface area (Å²) >= 11 is 0. The van der Waals surface area contributed by atoms with Crippen LogP contribution in [0.4, 0.5) is 17.6 Å². The SMILES string of the molecule is C=CCN(CC(=O)O)Cc1ccc(F)c(C(F)(F)F)c1. The Hall–Kier alpha value is -1.89. The molecular formula is C13H13F4NO2. The van der Waals surface area contributed by atoms with Crippen LogP contribution in [0, 0.1) is 5.82 Å². The van der Waals surface area contributed by atoms with Crippen molar-refractivity contribution in [3.8, 4) is 0 Å². The van der Waals surface area contributed by atoms with Gasteiger partial charge in [0.15, 0.2) is 0 Å². The zero-order valence-corrected chi connectivity index (χ0v) is 10.5. The molecule has 7 heteroatoms. The molecule has 0 radical (unpaired) electrons. The largest absolute Gasteiger partial charge is 0.480 e. The van der Waals surface area contributed by atoms with Gasteiger partial charge in [0, 0.05) is 13.1 Å². The third kappa shape index (κ3) is 4.65. The van der Waals surface area contributed by atoms with Gasteiger partial charge < -0.3 is 5.11 Å². The molecule has 1 N–H and O–H groups in total. The highest BCUT2D eigenvalue weighted by molar-refractivity contribution is 5.69. The lowest BCUT2D eigenvalue weighted by Crippen LogP contribution is -2.29. The minimum absolute atomic E-state index is 0.0400. The Balaban J connectivity index is 2.96. The summed E-state index contributed by atoms with van der Waals surface area (Å²) in [5.41, 5.74) is -1.18. The molecule has 0 spiro atoms. The number of carbonyl (C=O) groups is 1. The van der Waals surface area contributed by atoms with Gasteiger partial charge in [-0.2, -0.15) is 13.2 Å². The van der Waals surface area contributed by atoms with Crippen molar-refractivity contribution in [2.45, 2.75) is 12.7 Å². The highest BCUT2D eigenvalue weighted by atomic mass is 19.4. The average molecular weight is 291 g/mol. The molecule has 20 heavy (non-hydrogen) atoms. The predicted molar refractivity (Wildman–Crippen MR) is 64.5 cm³/mol. The number of benzene rings is 1. The van der Waals surface area contributed by atoms with Crippen LogP contribution in [0.3, 0.4) is 0 Å². The van der Waals surface area contributed by atoms with Crippen molar-refractivity contribution < 1.29 is 27.5 Å². The van der Waals surface area contributed by atoms with Gasteiger partial charge in [-0.1, -0.05) is 12.1 Å². The molecule has 3 nitrogen and oxygen atoms in total. The van der Waals surface area contributed by atoms with Crippen molar-refractivity contribution in [3.05, 3.63) is 47.8 Å². The van der Waals surface area contributed by atoms with E-state index in [1.165, 1.54) is 17.0 Å². The van der Waals surface area contributed by atoms with Crippen LogP contribution in [0.15, 0.2) is 30.9 Å². The Morgan fingerprint density at radius 2 is 2.05 bits per heavy atom. The Bertz CT molecular complexity index is 500. The Morgan fingerprint density at radius 1 is 1.40 bits per heavy atom. The van der Waals surface area contributed by atoms with Crippen molar-refractivity contribution in [2.75, 3.05) is 13.1 Å². The van der Waals surface area contributed by atoms with Gasteiger partial charge in [0.2, 0.25) is 0 Å². The molecule has 0 aliphatic carbocycles. The first-order chi connectivity index (χ1) is 9.24. The second-order valence-corrected chi connectivity index (χ2v) is 4.16. The first kappa shape index (κ1) is 16.2. The molecule has 1 aromatic rings. The molecule has 0 atom stereocenters. The lowest BCUT2D eigenvalue weighted by molar-refractivity contribution is -0.140. The summed E-state index contributed by atoms with van der Waals surface area (Å²) in [6, 6.07) is 2.61. The smallest absolute Gasteiger partial charge is 0.419 e. The van der Waals surface area contributed by atoms with Crippen LogP contribution in [-0.4, -0.2) is 29.1 Å². The van der Waals surface area contributed by atoms with Gasteiger partial charge in [-0.25, -0.2) is 4.39 Å². The second kappa shape index (κ2) is 6.51. The van der Waals surface area contributed by atoms with Gasteiger partial charge in [-0.3, -0.25) is 9.69 Å². The normalized spacial score (nSPS) is 11.7. The summed E-state index contributed by atoms with van der Waals surface area (Å²) in [5.74, 6) is -2.46. The van der Waals surface area contributed by atoms with Crippen LogP contribution in [0.25, 0.3) is 0 Å². The highest BCUT2D eigenvalue weighted by Gasteiger charge is 2.34. The third-order valence-corrected chi connectivity index (χ3v) is 2.49. The summed E-state index contributed by atoms with van der Waals surface area (Å²) in [4.78, 5) is 12.0. The molecule has 0 saturated heterocycles. The fourth-order valence-electron chi connectivity index (χ4n) is 1.71. The molecule has 0 aliphatic heterocycles. The highest BCUT2D eigenvalue weighted by Crippen LogP contribution is 2.32. The Kier molecular flexibility index (Phi) is 5.26. The van der Waals surface area contributed by atoms with Crippen molar-refractivity contribution in [3.63, 3.8) is 0 Å². The summed E-state index contributed by atoms with van der Waals surface area (Å²) in [7, 11) is 0. The fraction of sp³-hybridized carbons (Fsp3) is 0.308. The lowest BCUT2D eigenvalue weighted by Gasteiger charge is -2.19. The molecule has 0 saturated carbocycles. The lowest BCUT2D eigenvalue weighted by atomic mass is 10.1. The van der Waals surface area contributed by atoms with E-state index >= 15 is 0 Å². The van der Waals surface area contributed by atoms with Gasteiger partial charge in [0.1, 0.15) is 5.82 Å². The number of carboxylic acids is 1. The van der Waals surface area contributed by atoms with Crippen LogP contribution in [0.5, 0.6) is 0 Å². The topological polar surface area (TPSA) is 40.5 Å². The maximum Gasteiger partial charge on any atom is 0.419 e. The molecular weight excluding hydrogens is 278 g/mol. The van der Waals surface area contributed by atoms with Gasteiger partial charge >= 0.3 is 12.1 Å². The van der Waals surface area contributed by atoms with E-state index in [9.17, 15) is 22.4 Å². The number of rotatable bonds is 6. The number of aliphatic carboxylic acids is 1. The van der Waals surface area contributed by atoms with E-state index in [0.717, 1.165) is 6.07 Å². The maximum atomic E-state index is 13.1. The van der Waals surface area contributed by atoms with Crippen LogP contribution in [-0.2, 0) is 17.5 Å². The van der Waals surface area contributed by atoms with Gasteiger partial charge in [-0.15, -0.1) is 6.58 Å². The van der Waals surface area contributed by atoms with Crippen molar-refractivity contribution in [1.29, 1.82) is 0 Å². The van der Waals surface area contributed by atoms with Crippen LogP contribution in [0.2, 0.25) is 0 Å². The Labute approximate surface area is 113 Å². The molecule has 0 bridgehead atoms. The van der Waals surface area contributed by atoms with Gasteiger partial charge in [-0.05, 0) is 17.7 Å². The average Bonchev–Trinajstić information content (AvgIpc) is 2.29. The molecule has 0 amide bonds. The van der Waals surface area contributed by atoms with Gasteiger partial charge in [0.05, 0.1) is 12.1 Å². The zero-order valence-electron chi connectivity index (χ0n) is 10.5. The van der Waals surface area contributed by atoms with Gasteiger partial charge in [0.25, 0.3) is 0 Å². The maximum absolute atomic E-state index is 13.1. The number of carboxylic acid groups (broad SMARTS) is 1. The first-order valence-corrected chi connectivity index (χ1v) is 5.64. The van der Waals surface area contributed by atoms with Crippen molar-refractivity contribution in [2.24, 2.45) is 0 Å². The molecule has 0 aromatic heterocycles. The molecule has 0 aliphatic rings. The molecule has 0 fully saturated rings. The first-order valence-electron chi connectivity index (χ1n) is 5.64. The monoisotopic (exact) mass is 291 g/mol. The van der Waals surface area contributed by atoms with Crippen molar-refractivity contribution >= 4 is 5.97 Å².